The molecule has 0 spiro atoms. The Morgan fingerprint density at radius 1 is 1.12 bits per heavy atom. The van der Waals surface area contributed by atoms with Crippen LogP contribution in [0.2, 0.25) is 0 Å². The number of hydrogen-bond acceptors (Lipinski definition) is 5. The predicted molar refractivity (Wildman–Crippen MR) is 89.0 cm³/mol. The van der Waals surface area contributed by atoms with Crippen molar-refractivity contribution in [3.05, 3.63) is 0 Å². The highest BCUT2D eigenvalue weighted by atomic mass is 16.6. The van der Waals surface area contributed by atoms with Crippen molar-refractivity contribution in [2.45, 2.75) is 64.1 Å². The molecule has 0 aromatic carbocycles. The first-order chi connectivity index (χ1) is 11.3. The van der Waals surface area contributed by atoms with Gasteiger partial charge in [0.15, 0.2) is 0 Å². The van der Waals surface area contributed by atoms with Crippen molar-refractivity contribution in [1.82, 2.24) is 9.80 Å². The number of ether oxygens (including phenoxy) is 2. The van der Waals surface area contributed by atoms with Gasteiger partial charge in [-0.2, -0.15) is 0 Å². The fraction of sp³-hybridized carbons (Fsp3) is 0.882. The van der Waals surface area contributed by atoms with Gasteiger partial charge in [0.05, 0.1) is 6.61 Å². The maximum atomic E-state index is 12.5. The normalized spacial score (nSPS) is 20.0. The van der Waals surface area contributed by atoms with E-state index < -0.39 is 11.6 Å². The van der Waals surface area contributed by atoms with Crippen LogP contribution in [0.4, 0.5) is 4.79 Å². The van der Waals surface area contributed by atoms with Gasteiger partial charge in [-0.3, -0.25) is 0 Å². The number of carbonyl (C=O) groups excluding carboxylic acids is 1. The molecule has 0 radical (unpaired) electrons. The van der Waals surface area contributed by atoms with Crippen LogP contribution in [0.25, 0.3) is 0 Å². The lowest BCUT2D eigenvalue weighted by Crippen LogP contribution is -2.50. The van der Waals surface area contributed by atoms with Gasteiger partial charge in [0, 0.05) is 31.7 Å². The van der Waals surface area contributed by atoms with Crippen LogP contribution < -0.4 is 0 Å². The minimum absolute atomic E-state index is 0.187. The Morgan fingerprint density at radius 3 is 2.21 bits per heavy atom. The average molecular weight is 342 g/mol. The molecule has 0 unspecified atom stereocenters. The third-order valence-electron chi connectivity index (χ3n) is 4.27. The fourth-order valence-electron chi connectivity index (χ4n) is 3.04. The van der Waals surface area contributed by atoms with Crippen molar-refractivity contribution in [3.63, 3.8) is 0 Å². The van der Waals surface area contributed by atoms with Crippen molar-refractivity contribution in [2.24, 2.45) is 0 Å². The number of piperidine rings is 1. The van der Waals surface area contributed by atoms with Gasteiger partial charge >= 0.3 is 12.1 Å². The summed E-state index contributed by atoms with van der Waals surface area (Å²) in [4.78, 5) is 27.1. The van der Waals surface area contributed by atoms with Crippen LogP contribution in [0, 0.1) is 0 Å². The summed E-state index contributed by atoms with van der Waals surface area (Å²) in [5.41, 5.74) is -0.466. The van der Waals surface area contributed by atoms with Gasteiger partial charge in [-0.05, 0) is 46.5 Å². The lowest BCUT2D eigenvalue weighted by atomic mass is 10.0. The molecule has 1 heterocycles. The van der Waals surface area contributed by atoms with E-state index >= 15 is 0 Å². The van der Waals surface area contributed by atoms with Gasteiger partial charge in [0.1, 0.15) is 12.2 Å². The largest absolute Gasteiger partial charge is 0.480 e. The Hall–Kier alpha value is -1.34. The smallest absolute Gasteiger partial charge is 0.410 e. The van der Waals surface area contributed by atoms with Gasteiger partial charge in [0.2, 0.25) is 0 Å². The number of hydrogen-bond donors (Lipinski definition) is 1. The molecule has 7 heteroatoms. The van der Waals surface area contributed by atoms with E-state index in [1.807, 2.05) is 25.7 Å². The molecule has 0 atom stereocenters. The molecule has 0 aromatic rings. The summed E-state index contributed by atoms with van der Waals surface area (Å²) in [5.74, 6) is -0.939. The van der Waals surface area contributed by atoms with Gasteiger partial charge in [-0.1, -0.05) is 0 Å². The van der Waals surface area contributed by atoms with E-state index in [0.29, 0.717) is 12.6 Å². The number of likely N-dealkylation sites (tertiary alicyclic amines) is 1. The molecule has 1 N–H and O–H groups in total. The number of amides is 1. The molecule has 2 fully saturated rings. The lowest BCUT2D eigenvalue weighted by molar-refractivity contribution is -0.142. The minimum Gasteiger partial charge on any atom is -0.480 e. The van der Waals surface area contributed by atoms with Crippen molar-refractivity contribution >= 4 is 12.1 Å². The van der Waals surface area contributed by atoms with E-state index in [0.717, 1.165) is 45.3 Å². The van der Waals surface area contributed by atoms with Crippen LogP contribution in [0.5, 0.6) is 0 Å². The van der Waals surface area contributed by atoms with E-state index in [-0.39, 0.29) is 18.7 Å². The molecule has 7 nitrogen and oxygen atoms in total. The first-order valence-corrected chi connectivity index (χ1v) is 8.79. The lowest BCUT2D eigenvalue weighted by Gasteiger charge is -2.39. The van der Waals surface area contributed by atoms with Crippen molar-refractivity contribution in [3.8, 4) is 0 Å². The highest BCUT2D eigenvalue weighted by Gasteiger charge is 2.40. The quantitative estimate of drug-likeness (QED) is 0.713. The van der Waals surface area contributed by atoms with Crippen LogP contribution in [0.1, 0.15) is 46.5 Å². The van der Waals surface area contributed by atoms with Crippen LogP contribution >= 0.6 is 0 Å². The van der Waals surface area contributed by atoms with Crippen LogP contribution in [-0.4, -0.2) is 77.5 Å². The van der Waals surface area contributed by atoms with Crippen molar-refractivity contribution < 1.29 is 24.2 Å². The molecular formula is C17H30N2O5. The Kier molecular flexibility index (Phi) is 6.46. The molecule has 138 valence electrons. The van der Waals surface area contributed by atoms with Gasteiger partial charge in [0.25, 0.3) is 0 Å². The number of rotatable bonds is 7. The summed E-state index contributed by atoms with van der Waals surface area (Å²) in [6.45, 7) is 8.40. The van der Waals surface area contributed by atoms with E-state index in [4.69, 9.17) is 14.6 Å². The van der Waals surface area contributed by atoms with Gasteiger partial charge < -0.3 is 24.4 Å². The standard InChI is InChI=1S/C17H30N2O5/c1-17(2,3)24-16(22)19(13-4-5-13)14-6-8-18(9-7-14)10-11-23-12-15(20)21/h13-14H,4-12H2,1-3H3,(H,20,21). The highest BCUT2D eigenvalue weighted by molar-refractivity contribution is 5.69. The molecule has 1 aliphatic carbocycles. The van der Waals surface area contributed by atoms with Gasteiger partial charge in [-0.25, -0.2) is 9.59 Å². The molecule has 0 aromatic heterocycles. The summed E-state index contributed by atoms with van der Waals surface area (Å²) in [6, 6.07) is 0.582. The molecule has 24 heavy (non-hydrogen) atoms. The molecule has 1 saturated heterocycles. The molecule has 2 rings (SSSR count). The first kappa shape index (κ1) is 19.0. The van der Waals surface area contributed by atoms with Crippen LogP contribution in [-0.2, 0) is 14.3 Å². The Labute approximate surface area is 143 Å². The number of carbonyl (C=O) groups is 2. The van der Waals surface area contributed by atoms with E-state index in [1.54, 1.807) is 0 Å². The predicted octanol–water partition coefficient (Wildman–Crippen LogP) is 1.95. The first-order valence-electron chi connectivity index (χ1n) is 8.79. The Bertz CT molecular complexity index is 437. The highest BCUT2D eigenvalue weighted by Crippen LogP contribution is 2.33. The Balaban J connectivity index is 1.76. The number of carboxylic acids is 1. The summed E-state index contributed by atoms with van der Waals surface area (Å²) in [7, 11) is 0. The maximum Gasteiger partial charge on any atom is 0.410 e. The maximum absolute atomic E-state index is 12.5. The second-order valence-electron chi connectivity index (χ2n) is 7.64. The monoisotopic (exact) mass is 342 g/mol. The van der Waals surface area contributed by atoms with E-state index in [1.165, 1.54) is 0 Å². The van der Waals surface area contributed by atoms with Gasteiger partial charge in [-0.15, -0.1) is 0 Å². The third kappa shape index (κ3) is 6.28. The molecule has 1 aliphatic heterocycles. The summed E-state index contributed by atoms with van der Waals surface area (Å²) in [6.07, 6.45) is 3.81. The molecule has 2 aliphatic rings. The summed E-state index contributed by atoms with van der Waals surface area (Å²) >= 11 is 0. The second kappa shape index (κ2) is 8.16. The van der Waals surface area contributed by atoms with Crippen molar-refractivity contribution in [1.29, 1.82) is 0 Å². The Morgan fingerprint density at radius 2 is 1.71 bits per heavy atom. The van der Waals surface area contributed by atoms with Crippen LogP contribution in [0.15, 0.2) is 0 Å². The molecule has 0 bridgehead atoms. The SMILES string of the molecule is CC(C)(C)OC(=O)N(C1CC1)C1CCN(CCOCC(=O)O)CC1. The fourth-order valence-corrected chi connectivity index (χ4v) is 3.04. The zero-order valence-electron chi connectivity index (χ0n) is 15.0. The zero-order chi connectivity index (χ0) is 17.7. The summed E-state index contributed by atoms with van der Waals surface area (Å²) < 4.78 is 10.7. The third-order valence-corrected chi connectivity index (χ3v) is 4.27. The summed E-state index contributed by atoms with van der Waals surface area (Å²) in [5, 5.41) is 8.55. The zero-order valence-corrected chi connectivity index (χ0v) is 15.0. The molecule has 1 amide bonds. The van der Waals surface area contributed by atoms with Crippen molar-refractivity contribution in [2.75, 3.05) is 32.8 Å². The average Bonchev–Trinajstić information content (AvgIpc) is 3.28. The number of carboxylic acid groups (broad SMARTS) is 1. The topological polar surface area (TPSA) is 79.3 Å². The number of nitrogens with zero attached hydrogens (tertiary/aromatic N) is 2. The minimum atomic E-state index is -0.939. The molecule has 1 saturated carbocycles. The van der Waals surface area contributed by atoms with E-state index in [2.05, 4.69) is 4.90 Å². The molecular weight excluding hydrogens is 312 g/mol. The van der Waals surface area contributed by atoms with E-state index in [9.17, 15) is 9.59 Å². The van der Waals surface area contributed by atoms with Crippen LogP contribution in [0.3, 0.4) is 0 Å². The number of aliphatic carboxylic acids is 1. The second-order valence-corrected chi connectivity index (χ2v) is 7.64.